The number of aliphatic hydroxyl groups is 1. The molecule has 29 heavy (non-hydrogen) atoms. The van der Waals surface area contributed by atoms with E-state index in [-0.39, 0.29) is 17.4 Å². The maximum Gasteiger partial charge on any atom is 0.272 e. The van der Waals surface area contributed by atoms with Crippen molar-refractivity contribution in [2.45, 2.75) is 30.8 Å². The van der Waals surface area contributed by atoms with E-state index in [0.717, 1.165) is 24.1 Å². The van der Waals surface area contributed by atoms with Gasteiger partial charge in [0.25, 0.3) is 5.91 Å². The van der Waals surface area contributed by atoms with Crippen LogP contribution >= 0.6 is 0 Å². The largest absolute Gasteiger partial charge is 0.392 e. The highest BCUT2D eigenvalue weighted by atomic mass is 16.3. The van der Waals surface area contributed by atoms with Gasteiger partial charge in [-0.25, -0.2) is 0 Å². The van der Waals surface area contributed by atoms with E-state index in [9.17, 15) is 9.90 Å². The molecule has 1 saturated heterocycles. The lowest BCUT2D eigenvalue weighted by Gasteiger charge is -2.42. The number of aromatic nitrogens is 2. The van der Waals surface area contributed by atoms with E-state index in [1.54, 1.807) is 4.68 Å². The van der Waals surface area contributed by atoms with Crippen LogP contribution in [0, 0.1) is 0 Å². The van der Waals surface area contributed by atoms with Gasteiger partial charge in [-0.3, -0.25) is 9.48 Å². The fourth-order valence-corrected chi connectivity index (χ4v) is 5.06. The first-order valence-electron chi connectivity index (χ1n) is 10.2. The van der Waals surface area contributed by atoms with Crippen LogP contribution in [0.5, 0.6) is 0 Å². The Morgan fingerprint density at radius 1 is 1.07 bits per heavy atom. The molecule has 1 fully saturated rings. The molecule has 5 nitrogen and oxygen atoms in total. The van der Waals surface area contributed by atoms with Gasteiger partial charge in [-0.05, 0) is 36.5 Å². The van der Waals surface area contributed by atoms with Crippen LogP contribution in [0.15, 0.2) is 60.7 Å². The Morgan fingerprint density at radius 3 is 2.52 bits per heavy atom. The third kappa shape index (κ3) is 2.88. The molecule has 2 aliphatic rings. The summed E-state index contributed by atoms with van der Waals surface area (Å²) in [5, 5.41) is 15.4. The lowest BCUT2D eigenvalue weighted by Crippen LogP contribution is -2.49. The molecule has 1 spiro atoms. The Balaban J connectivity index is 1.36. The summed E-state index contributed by atoms with van der Waals surface area (Å²) < 4.78 is 1.68. The average Bonchev–Trinajstić information content (AvgIpc) is 3.27. The summed E-state index contributed by atoms with van der Waals surface area (Å²) in [5.74, 6) is 0.0119. The number of likely N-dealkylation sites (tertiary alicyclic amines) is 1. The lowest BCUT2D eigenvalue weighted by atomic mass is 9.72. The Kier molecular flexibility index (Phi) is 4.28. The molecule has 148 valence electrons. The monoisotopic (exact) mass is 387 g/mol. The normalized spacial score (nSPS) is 20.1. The molecule has 1 N–H and O–H groups in total. The van der Waals surface area contributed by atoms with Crippen LogP contribution in [0.1, 0.15) is 34.5 Å². The van der Waals surface area contributed by atoms with E-state index in [2.05, 4.69) is 23.3 Å². The number of benzene rings is 2. The molecule has 1 aliphatic heterocycles. The minimum Gasteiger partial charge on any atom is -0.392 e. The summed E-state index contributed by atoms with van der Waals surface area (Å²) in [4.78, 5) is 15.1. The van der Waals surface area contributed by atoms with Crippen LogP contribution in [0.25, 0.3) is 11.3 Å². The highest BCUT2D eigenvalue weighted by Gasteiger charge is 2.48. The van der Waals surface area contributed by atoms with Crippen LogP contribution in [0.4, 0.5) is 0 Å². The molecule has 0 radical (unpaired) electrons. The van der Waals surface area contributed by atoms with E-state index in [1.807, 2.05) is 54.4 Å². The Hall–Kier alpha value is -2.92. The number of carbonyl (C=O) groups is 1. The topological polar surface area (TPSA) is 58.4 Å². The first-order valence-corrected chi connectivity index (χ1v) is 10.2. The summed E-state index contributed by atoms with van der Waals surface area (Å²) in [7, 11) is 1.82. The van der Waals surface area contributed by atoms with Crippen LogP contribution in [-0.4, -0.2) is 44.9 Å². The van der Waals surface area contributed by atoms with Gasteiger partial charge in [-0.2, -0.15) is 5.10 Å². The number of hydrogen-bond donors (Lipinski definition) is 1. The number of aliphatic hydroxyl groups excluding tert-OH is 1. The third-order valence-electron chi connectivity index (χ3n) is 6.72. The zero-order valence-corrected chi connectivity index (χ0v) is 16.6. The van der Waals surface area contributed by atoms with Gasteiger partial charge in [0, 0.05) is 31.1 Å². The van der Waals surface area contributed by atoms with Crippen molar-refractivity contribution in [3.63, 3.8) is 0 Å². The number of piperidine rings is 1. The molecule has 2 aromatic carbocycles. The van der Waals surface area contributed by atoms with Crippen molar-refractivity contribution in [1.29, 1.82) is 0 Å². The standard InChI is InChI=1S/C24H25N3O2/c1-26-21(16-20(25-26)17-7-3-2-4-8-17)23(29)27-13-11-24(12-14-27)19-10-6-5-9-18(19)15-22(24)28/h2-10,16,22,28H,11-15H2,1H3. The van der Waals surface area contributed by atoms with Crippen LogP contribution in [0.3, 0.4) is 0 Å². The number of carbonyl (C=O) groups excluding carboxylic acids is 1. The molecule has 2 heterocycles. The molecule has 0 saturated carbocycles. The maximum absolute atomic E-state index is 13.2. The quantitative estimate of drug-likeness (QED) is 0.735. The Bertz CT molecular complexity index is 1050. The highest BCUT2D eigenvalue weighted by molar-refractivity contribution is 5.93. The first kappa shape index (κ1) is 18.1. The second-order valence-electron chi connectivity index (χ2n) is 8.23. The third-order valence-corrected chi connectivity index (χ3v) is 6.72. The van der Waals surface area contributed by atoms with Crippen LogP contribution in [-0.2, 0) is 18.9 Å². The Labute approximate surface area is 170 Å². The van der Waals surface area contributed by atoms with E-state index >= 15 is 0 Å². The summed E-state index contributed by atoms with van der Waals surface area (Å²) in [6.45, 7) is 1.30. The summed E-state index contributed by atoms with van der Waals surface area (Å²) in [6, 6.07) is 20.1. The SMILES string of the molecule is Cn1nc(-c2ccccc2)cc1C(=O)N1CCC2(CC1)c1ccccc1CC2O. The van der Waals surface area contributed by atoms with Crippen molar-refractivity contribution in [1.82, 2.24) is 14.7 Å². The van der Waals surface area contributed by atoms with Crippen LogP contribution < -0.4 is 0 Å². The molecule has 0 bridgehead atoms. The van der Waals surface area contributed by atoms with E-state index in [0.29, 0.717) is 25.2 Å². The van der Waals surface area contributed by atoms with Gasteiger partial charge in [-0.1, -0.05) is 54.6 Å². The van der Waals surface area contributed by atoms with Gasteiger partial charge in [0.2, 0.25) is 0 Å². The predicted octanol–water partition coefficient (Wildman–Crippen LogP) is 3.18. The number of aryl methyl sites for hydroxylation is 1. The zero-order valence-electron chi connectivity index (χ0n) is 16.6. The van der Waals surface area contributed by atoms with Gasteiger partial charge in [0.1, 0.15) is 5.69 Å². The molecule has 1 atom stereocenters. The van der Waals surface area contributed by atoms with Crippen molar-refractivity contribution in [3.8, 4) is 11.3 Å². The zero-order chi connectivity index (χ0) is 20.0. The second-order valence-corrected chi connectivity index (χ2v) is 8.23. The van der Waals surface area contributed by atoms with Crippen molar-refractivity contribution < 1.29 is 9.90 Å². The minimum absolute atomic E-state index is 0.0119. The Morgan fingerprint density at radius 2 is 1.76 bits per heavy atom. The fraction of sp³-hybridized carbons (Fsp3) is 0.333. The van der Waals surface area contributed by atoms with Gasteiger partial charge >= 0.3 is 0 Å². The van der Waals surface area contributed by atoms with Crippen LogP contribution in [0.2, 0.25) is 0 Å². The van der Waals surface area contributed by atoms with Crippen molar-refractivity contribution >= 4 is 5.91 Å². The van der Waals surface area contributed by atoms with Crippen molar-refractivity contribution in [2.75, 3.05) is 13.1 Å². The molecule has 5 rings (SSSR count). The van der Waals surface area contributed by atoms with Crippen molar-refractivity contribution in [3.05, 3.63) is 77.5 Å². The van der Waals surface area contributed by atoms with Gasteiger partial charge < -0.3 is 10.0 Å². The van der Waals surface area contributed by atoms with E-state index in [4.69, 9.17) is 0 Å². The number of fused-ring (bicyclic) bond motifs is 2. The molecule has 3 aromatic rings. The smallest absolute Gasteiger partial charge is 0.272 e. The first-order chi connectivity index (χ1) is 14.1. The molecular formula is C24H25N3O2. The second kappa shape index (κ2) is 6.85. The fourth-order valence-electron chi connectivity index (χ4n) is 5.06. The maximum atomic E-state index is 13.2. The van der Waals surface area contributed by atoms with E-state index in [1.165, 1.54) is 11.1 Å². The molecule has 1 unspecified atom stereocenters. The number of hydrogen-bond acceptors (Lipinski definition) is 3. The molecule has 1 aromatic heterocycles. The van der Waals surface area contributed by atoms with E-state index < -0.39 is 0 Å². The summed E-state index contributed by atoms with van der Waals surface area (Å²) >= 11 is 0. The number of nitrogens with zero attached hydrogens (tertiary/aromatic N) is 3. The average molecular weight is 387 g/mol. The summed E-state index contributed by atoms with van der Waals surface area (Å²) in [5.41, 5.74) is 4.72. The minimum atomic E-state index is -0.362. The highest BCUT2D eigenvalue weighted by Crippen LogP contribution is 2.46. The summed E-state index contributed by atoms with van der Waals surface area (Å²) in [6.07, 6.45) is 1.94. The van der Waals surface area contributed by atoms with Gasteiger partial charge in [0.15, 0.2) is 0 Å². The molecule has 1 aliphatic carbocycles. The molecule has 5 heteroatoms. The molecular weight excluding hydrogens is 362 g/mol. The lowest BCUT2D eigenvalue weighted by molar-refractivity contribution is 0.0360. The predicted molar refractivity (Wildman–Crippen MR) is 112 cm³/mol. The van der Waals surface area contributed by atoms with Gasteiger partial charge in [0.05, 0.1) is 11.8 Å². The van der Waals surface area contributed by atoms with Crippen molar-refractivity contribution in [2.24, 2.45) is 7.05 Å². The molecule has 1 amide bonds. The number of rotatable bonds is 2. The van der Waals surface area contributed by atoms with Gasteiger partial charge in [-0.15, -0.1) is 0 Å². The number of amides is 1.